The van der Waals surface area contributed by atoms with Crippen LogP contribution in [0, 0.1) is 0 Å². The topological polar surface area (TPSA) is 87.7 Å². The highest BCUT2D eigenvalue weighted by atomic mass is 35.5. The lowest BCUT2D eigenvalue weighted by Crippen LogP contribution is -2.12. The minimum absolute atomic E-state index is 0.0600. The molecule has 0 amide bonds. The van der Waals surface area contributed by atoms with Crippen molar-refractivity contribution in [2.45, 2.75) is 4.90 Å². The number of aromatic nitrogens is 3. The van der Waals surface area contributed by atoms with Gasteiger partial charge in [-0.25, -0.2) is 13.4 Å². The van der Waals surface area contributed by atoms with E-state index in [1.807, 2.05) is 0 Å². The number of anilines is 1. The maximum Gasteiger partial charge on any atom is 0.262 e. The Kier molecular flexibility index (Phi) is 3.07. The second kappa shape index (κ2) is 4.77. The Bertz CT molecular complexity index is 876. The summed E-state index contributed by atoms with van der Waals surface area (Å²) in [4.78, 5) is 3.82. The van der Waals surface area contributed by atoms with Gasteiger partial charge in [-0.05, 0) is 30.3 Å². The molecule has 0 radical (unpaired) electrons. The summed E-state index contributed by atoms with van der Waals surface area (Å²) in [6.45, 7) is 0. The summed E-state index contributed by atoms with van der Waals surface area (Å²) in [7, 11) is -3.69. The van der Waals surface area contributed by atoms with Gasteiger partial charge in [-0.3, -0.25) is 9.82 Å². The van der Waals surface area contributed by atoms with Gasteiger partial charge in [0.2, 0.25) is 0 Å². The van der Waals surface area contributed by atoms with Gasteiger partial charge in [-0.2, -0.15) is 5.10 Å². The van der Waals surface area contributed by atoms with Gasteiger partial charge in [0.25, 0.3) is 10.0 Å². The molecule has 0 saturated carbocycles. The molecule has 1 aromatic carbocycles. The van der Waals surface area contributed by atoms with Crippen LogP contribution in [0.2, 0.25) is 5.15 Å². The number of benzene rings is 1. The fraction of sp³-hybridized carbons (Fsp3) is 0. The number of rotatable bonds is 3. The molecule has 0 saturated heterocycles. The van der Waals surface area contributed by atoms with E-state index in [-0.39, 0.29) is 10.0 Å². The van der Waals surface area contributed by atoms with Crippen molar-refractivity contribution in [3.63, 3.8) is 0 Å². The Hall–Kier alpha value is -2.12. The minimum atomic E-state index is -3.69. The van der Waals surface area contributed by atoms with Crippen molar-refractivity contribution in [2.75, 3.05) is 4.72 Å². The largest absolute Gasteiger partial charge is 0.280 e. The summed E-state index contributed by atoms with van der Waals surface area (Å²) < 4.78 is 26.9. The number of fused-ring (bicyclic) bond motifs is 1. The molecule has 0 fully saturated rings. The van der Waals surface area contributed by atoms with Crippen molar-refractivity contribution in [1.29, 1.82) is 0 Å². The van der Waals surface area contributed by atoms with Gasteiger partial charge in [-0.1, -0.05) is 11.6 Å². The molecule has 0 bridgehead atoms. The van der Waals surface area contributed by atoms with Crippen LogP contribution >= 0.6 is 11.6 Å². The molecule has 2 heterocycles. The number of nitrogens with zero attached hydrogens (tertiary/aromatic N) is 2. The van der Waals surface area contributed by atoms with Crippen LogP contribution in [0.4, 0.5) is 5.69 Å². The number of nitrogens with one attached hydrogen (secondary N) is 2. The second-order valence-corrected chi connectivity index (χ2v) is 6.16. The predicted octanol–water partition coefficient (Wildman–Crippen LogP) is 2.41. The number of aromatic amines is 1. The van der Waals surface area contributed by atoms with Crippen LogP contribution in [-0.2, 0) is 10.0 Å². The monoisotopic (exact) mass is 308 g/mol. The molecule has 3 aromatic rings. The highest BCUT2D eigenvalue weighted by molar-refractivity contribution is 7.92. The lowest BCUT2D eigenvalue weighted by molar-refractivity contribution is 0.601. The molecule has 20 heavy (non-hydrogen) atoms. The summed E-state index contributed by atoms with van der Waals surface area (Å²) >= 11 is 5.70. The Morgan fingerprint density at radius 2 is 2.05 bits per heavy atom. The van der Waals surface area contributed by atoms with E-state index in [1.54, 1.807) is 24.4 Å². The highest BCUT2D eigenvalue weighted by Crippen LogP contribution is 2.21. The number of hydrogen-bond acceptors (Lipinski definition) is 4. The van der Waals surface area contributed by atoms with Gasteiger partial charge in [-0.15, -0.1) is 0 Å². The first-order chi connectivity index (χ1) is 9.54. The third-order valence-corrected chi connectivity index (χ3v) is 4.29. The van der Waals surface area contributed by atoms with Crippen LogP contribution in [0.15, 0.2) is 47.6 Å². The van der Waals surface area contributed by atoms with E-state index in [1.165, 1.54) is 18.3 Å². The van der Waals surface area contributed by atoms with Crippen molar-refractivity contribution in [2.24, 2.45) is 0 Å². The number of sulfonamides is 1. The summed E-state index contributed by atoms with van der Waals surface area (Å²) in [6.07, 6.45) is 2.96. The van der Waals surface area contributed by atoms with E-state index in [0.29, 0.717) is 5.69 Å². The zero-order chi connectivity index (χ0) is 14.2. The zero-order valence-corrected chi connectivity index (χ0v) is 11.6. The zero-order valence-electron chi connectivity index (χ0n) is 10.0. The van der Waals surface area contributed by atoms with E-state index in [2.05, 4.69) is 19.9 Å². The van der Waals surface area contributed by atoms with E-state index >= 15 is 0 Å². The van der Waals surface area contributed by atoms with Gasteiger partial charge in [0.15, 0.2) is 0 Å². The molecule has 6 nitrogen and oxygen atoms in total. The first-order valence-corrected chi connectivity index (χ1v) is 7.48. The van der Waals surface area contributed by atoms with Crippen molar-refractivity contribution in [3.05, 3.63) is 47.9 Å². The summed E-state index contributed by atoms with van der Waals surface area (Å²) in [5.41, 5.74) is 1.28. The third kappa shape index (κ3) is 2.45. The van der Waals surface area contributed by atoms with Gasteiger partial charge in [0.1, 0.15) is 5.15 Å². The average molecular weight is 309 g/mol. The van der Waals surface area contributed by atoms with Gasteiger partial charge >= 0.3 is 0 Å². The number of hydrogen-bond donors (Lipinski definition) is 2. The van der Waals surface area contributed by atoms with E-state index in [4.69, 9.17) is 11.6 Å². The fourth-order valence-corrected chi connectivity index (χ4v) is 3.07. The molecule has 102 valence electrons. The Morgan fingerprint density at radius 1 is 1.20 bits per heavy atom. The summed E-state index contributed by atoms with van der Waals surface area (Å²) in [5, 5.41) is 7.62. The predicted molar refractivity (Wildman–Crippen MR) is 76.1 cm³/mol. The van der Waals surface area contributed by atoms with Crippen LogP contribution in [-0.4, -0.2) is 23.6 Å². The van der Waals surface area contributed by atoms with Crippen molar-refractivity contribution >= 4 is 38.2 Å². The van der Waals surface area contributed by atoms with Crippen molar-refractivity contribution in [3.8, 4) is 0 Å². The van der Waals surface area contributed by atoms with Crippen molar-refractivity contribution < 1.29 is 8.42 Å². The number of H-pyrrole nitrogens is 1. The molecular weight excluding hydrogens is 300 g/mol. The smallest absolute Gasteiger partial charge is 0.262 e. The number of halogens is 1. The van der Waals surface area contributed by atoms with E-state index < -0.39 is 10.0 Å². The Balaban J connectivity index is 1.96. The lowest BCUT2D eigenvalue weighted by atomic mass is 10.2. The van der Waals surface area contributed by atoms with Crippen molar-refractivity contribution in [1.82, 2.24) is 15.2 Å². The van der Waals surface area contributed by atoms with E-state index in [9.17, 15) is 8.42 Å². The average Bonchev–Trinajstić information content (AvgIpc) is 2.85. The van der Waals surface area contributed by atoms with Crippen LogP contribution in [0.25, 0.3) is 10.9 Å². The minimum Gasteiger partial charge on any atom is -0.280 e. The molecule has 0 atom stereocenters. The first-order valence-electron chi connectivity index (χ1n) is 5.62. The molecule has 0 aliphatic rings. The Labute approximate surface area is 119 Å². The van der Waals surface area contributed by atoms with Crippen LogP contribution in [0.3, 0.4) is 0 Å². The lowest BCUT2D eigenvalue weighted by Gasteiger charge is -2.08. The van der Waals surface area contributed by atoms with Crippen LogP contribution in [0.5, 0.6) is 0 Å². The maximum absolute atomic E-state index is 12.2. The molecule has 3 rings (SSSR count). The molecule has 0 aliphatic carbocycles. The molecule has 2 N–H and O–H groups in total. The molecule has 0 unspecified atom stereocenters. The third-order valence-electron chi connectivity index (χ3n) is 2.70. The fourth-order valence-electron chi connectivity index (χ4n) is 1.77. The normalized spacial score (nSPS) is 11.7. The first kappa shape index (κ1) is 12.9. The van der Waals surface area contributed by atoms with Crippen LogP contribution in [0.1, 0.15) is 0 Å². The maximum atomic E-state index is 12.2. The summed E-state index contributed by atoms with van der Waals surface area (Å²) in [6, 6.07) is 7.77. The number of pyridine rings is 1. The quantitative estimate of drug-likeness (QED) is 0.727. The SMILES string of the molecule is O=S(=O)(Nc1ccc2[nH]ncc2c1)c1ccnc(Cl)c1. The Morgan fingerprint density at radius 3 is 2.85 bits per heavy atom. The second-order valence-electron chi connectivity index (χ2n) is 4.09. The standard InChI is InChI=1S/C12H9ClN4O2S/c13-12-6-10(3-4-14-12)20(18,19)17-9-1-2-11-8(5-9)7-15-16-11/h1-7,17H,(H,15,16). The van der Waals surface area contributed by atoms with Gasteiger partial charge < -0.3 is 0 Å². The highest BCUT2D eigenvalue weighted by Gasteiger charge is 2.15. The van der Waals surface area contributed by atoms with Gasteiger partial charge in [0, 0.05) is 17.3 Å². The molecule has 2 aromatic heterocycles. The molecule has 0 aliphatic heterocycles. The van der Waals surface area contributed by atoms with Crippen LogP contribution < -0.4 is 4.72 Å². The van der Waals surface area contributed by atoms with Gasteiger partial charge in [0.05, 0.1) is 16.6 Å². The molecule has 8 heteroatoms. The molecular formula is C12H9ClN4O2S. The summed E-state index contributed by atoms with van der Waals surface area (Å²) in [5.74, 6) is 0. The molecule has 0 spiro atoms. The van der Waals surface area contributed by atoms with E-state index in [0.717, 1.165) is 10.9 Å².